The maximum absolute atomic E-state index is 9.61. The summed E-state index contributed by atoms with van der Waals surface area (Å²) in [6.07, 6.45) is -6.91. The quantitative estimate of drug-likeness (QED) is 0.310. The van der Waals surface area contributed by atoms with Crippen LogP contribution in [0.2, 0.25) is 0 Å². The molecule has 3 fully saturated rings. The standard InChI is InChI=1S/C7H10O7/c8-1-2(9)5(10)13-4-3(1)12-6-7(4,11)14-6/h1-6,8-11H/t1-,2+,3+,4+,5+,6+,7+/m1/s1. The first-order valence-corrected chi connectivity index (χ1v) is 4.29. The average Bonchev–Trinajstić information content (AvgIpc) is 2.72. The number of aliphatic hydroxyl groups is 4. The third kappa shape index (κ3) is 0.898. The van der Waals surface area contributed by atoms with Crippen molar-refractivity contribution in [3.63, 3.8) is 0 Å². The second kappa shape index (κ2) is 2.45. The van der Waals surface area contributed by atoms with E-state index in [-0.39, 0.29) is 0 Å². The van der Waals surface area contributed by atoms with Gasteiger partial charge in [0.1, 0.15) is 24.4 Å². The lowest BCUT2D eigenvalue weighted by molar-refractivity contribution is -0.307. The van der Waals surface area contributed by atoms with Gasteiger partial charge in [-0.05, 0) is 0 Å². The zero-order valence-corrected chi connectivity index (χ0v) is 6.98. The van der Waals surface area contributed by atoms with Gasteiger partial charge in [0.05, 0.1) is 0 Å². The zero-order valence-electron chi connectivity index (χ0n) is 6.98. The van der Waals surface area contributed by atoms with Crippen molar-refractivity contribution in [3.8, 4) is 0 Å². The molecule has 0 aromatic carbocycles. The molecule has 4 N–H and O–H groups in total. The summed E-state index contributed by atoms with van der Waals surface area (Å²) in [6, 6.07) is 0. The van der Waals surface area contributed by atoms with E-state index in [1.165, 1.54) is 0 Å². The van der Waals surface area contributed by atoms with Gasteiger partial charge >= 0.3 is 0 Å². The number of epoxide rings is 1. The maximum Gasteiger partial charge on any atom is 0.250 e. The minimum Gasteiger partial charge on any atom is -0.387 e. The van der Waals surface area contributed by atoms with E-state index in [4.69, 9.17) is 14.2 Å². The van der Waals surface area contributed by atoms with E-state index < -0.39 is 42.8 Å². The molecule has 0 aliphatic carbocycles. The number of hydrogen-bond acceptors (Lipinski definition) is 7. The first kappa shape index (κ1) is 8.98. The van der Waals surface area contributed by atoms with Crippen molar-refractivity contribution in [2.75, 3.05) is 0 Å². The number of rotatable bonds is 0. The van der Waals surface area contributed by atoms with Crippen molar-refractivity contribution >= 4 is 0 Å². The summed E-state index contributed by atoms with van der Waals surface area (Å²) in [5.74, 6) is -1.58. The fourth-order valence-electron chi connectivity index (χ4n) is 1.94. The number of fused-ring (bicyclic) bond motifs is 3. The van der Waals surface area contributed by atoms with Crippen LogP contribution in [0.1, 0.15) is 0 Å². The Hall–Kier alpha value is -0.280. The topological polar surface area (TPSA) is 112 Å². The van der Waals surface area contributed by atoms with Crippen LogP contribution in [-0.4, -0.2) is 63.2 Å². The van der Waals surface area contributed by atoms with E-state index in [1.807, 2.05) is 0 Å². The molecule has 3 saturated heterocycles. The highest BCUT2D eigenvalue weighted by atomic mass is 16.9. The van der Waals surface area contributed by atoms with Crippen LogP contribution in [0.15, 0.2) is 0 Å². The molecular weight excluding hydrogens is 196 g/mol. The highest BCUT2D eigenvalue weighted by Gasteiger charge is 2.75. The van der Waals surface area contributed by atoms with Crippen molar-refractivity contribution in [2.24, 2.45) is 0 Å². The molecule has 0 saturated carbocycles. The summed E-state index contributed by atoms with van der Waals surface area (Å²) in [5.41, 5.74) is 0. The summed E-state index contributed by atoms with van der Waals surface area (Å²) in [6.45, 7) is 0. The van der Waals surface area contributed by atoms with Crippen LogP contribution in [0.5, 0.6) is 0 Å². The normalized spacial score (nSPS) is 66.0. The van der Waals surface area contributed by atoms with Gasteiger partial charge in [0, 0.05) is 0 Å². The molecule has 3 heterocycles. The van der Waals surface area contributed by atoms with E-state index in [1.54, 1.807) is 0 Å². The van der Waals surface area contributed by atoms with Crippen LogP contribution in [0.4, 0.5) is 0 Å². The Morgan fingerprint density at radius 1 is 1.00 bits per heavy atom. The van der Waals surface area contributed by atoms with E-state index in [0.29, 0.717) is 0 Å². The van der Waals surface area contributed by atoms with Crippen LogP contribution >= 0.6 is 0 Å². The summed E-state index contributed by atoms with van der Waals surface area (Å²) < 4.78 is 14.7. The lowest BCUT2D eigenvalue weighted by atomic mass is 9.97. The molecule has 0 spiro atoms. The smallest absolute Gasteiger partial charge is 0.250 e. The summed E-state index contributed by atoms with van der Waals surface area (Å²) >= 11 is 0. The van der Waals surface area contributed by atoms with Crippen molar-refractivity contribution < 1.29 is 34.6 Å². The van der Waals surface area contributed by atoms with E-state index in [0.717, 1.165) is 0 Å². The molecule has 0 aromatic heterocycles. The van der Waals surface area contributed by atoms with Crippen LogP contribution in [0.3, 0.4) is 0 Å². The van der Waals surface area contributed by atoms with Gasteiger partial charge in [-0.1, -0.05) is 0 Å². The number of aliphatic hydroxyl groups excluding tert-OH is 3. The monoisotopic (exact) mass is 206 g/mol. The number of hydrogen-bond donors (Lipinski definition) is 4. The zero-order chi connectivity index (χ0) is 10.1. The lowest BCUT2D eigenvalue weighted by Crippen LogP contribution is -2.59. The van der Waals surface area contributed by atoms with Gasteiger partial charge < -0.3 is 34.6 Å². The molecule has 0 aromatic rings. The Morgan fingerprint density at radius 3 is 2.43 bits per heavy atom. The summed E-state index contributed by atoms with van der Waals surface area (Å²) in [7, 11) is 0. The Kier molecular flexibility index (Phi) is 1.57. The molecule has 14 heavy (non-hydrogen) atoms. The van der Waals surface area contributed by atoms with Gasteiger partial charge in [-0.2, -0.15) is 0 Å². The SMILES string of the molecule is O[C@@H]1[C@H](O)[C@@H](O)O[C@H]2[C@H]1O[C@H]1O[C@]12O. The molecular formula is C7H10O7. The molecule has 3 aliphatic heterocycles. The molecule has 7 nitrogen and oxygen atoms in total. The molecule has 0 unspecified atom stereocenters. The fourth-order valence-corrected chi connectivity index (χ4v) is 1.94. The highest BCUT2D eigenvalue weighted by molar-refractivity contribution is 5.09. The first-order valence-electron chi connectivity index (χ1n) is 4.29. The van der Waals surface area contributed by atoms with Crippen molar-refractivity contribution in [1.82, 2.24) is 0 Å². The fraction of sp³-hybridized carbons (Fsp3) is 1.00. The number of ether oxygens (including phenoxy) is 3. The predicted molar refractivity (Wildman–Crippen MR) is 37.6 cm³/mol. The summed E-state index contributed by atoms with van der Waals surface area (Å²) in [5, 5.41) is 37.5. The second-order valence-electron chi connectivity index (χ2n) is 3.73. The van der Waals surface area contributed by atoms with Crippen LogP contribution in [0.25, 0.3) is 0 Å². The Labute approximate surface area is 78.4 Å². The minimum absolute atomic E-state index is 0.829. The van der Waals surface area contributed by atoms with Gasteiger partial charge in [0.25, 0.3) is 5.79 Å². The molecule has 7 heteroatoms. The molecule has 80 valence electrons. The maximum atomic E-state index is 9.61. The van der Waals surface area contributed by atoms with Crippen molar-refractivity contribution in [3.05, 3.63) is 0 Å². The third-order valence-corrected chi connectivity index (χ3v) is 2.83. The van der Waals surface area contributed by atoms with Crippen LogP contribution in [0, 0.1) is 0 Å². The molecule has 0 radical (unpaired) electrons. The van der Waals surface area contributed by atoms with Crippen molar-refractivity contribution in [2.45, 2.75) is 42.8 Å². The van der Waals surface area contributed by atoms with E-state index in [9.17, 15) is 20.4 Å². The third-order valence-electron chi connectivity index (χ3n) is 2.83. The first-order chi connectivity index (χ1) is 6.54. The Bertz CT molecular complexity index is 271. The van der Waals surface area contributed by atoms with Gasteiger partial charge in [0.15, 0.2) is 6.29 Å². The Morgan fingerprint density at radius 2 is 1.71 bits per heavy atom. The average molecular weight is 206 g/mol. The van der Waals surface area contributed by atoms with Gasteiger partial charge in [-0.3, -0.25) is 0 Å². The van der Waals surface area contributed by atoms with Crippen molar-refractivity contribution in [1.29, 1.82) is 0 Å². The van der Waals surface area contributed by atoms with E-state index >= 15 is 0 Å². The lowest BCUT2D eigenvalue weighted by Gasteiger charge is -2.38. The summed E-state index contributed by atoms with van der Waals surface area (Å²) in [4.78, 5) is 0. The molecule has 0 bridgehead atoms. The second-order valence-corrected chi connectivity index (χ2v) is 3.73. The van der Waals surface area contributed by atoms with Gasteiger partial charge in [0.2, 0.25) is 6.29 Å². The predicted octanol–water partition coefficient (Wildman–Crippen LogP) is -3.13. The van der Waals surface area contributed by atoms with Crippen LogP contribution < -0.4 is 0 Å². The highest BCUT2D eigenvalue weighted by Crippen LogP contribution is 2.50. The van der Waals surface area contributed by atoms with Crippen LogP contribution in [-0.2, 0) is 14.2 Å². The van der Waals surface area contributed by atoms with Gasteiger partial charge in [-0.15, -0.1) is 0 Å². The largest absolute Gasteiger partial charge is 0.387 e. The van der Waals surface area contributed by atoms with E-state index in [2.05, 4.69) is 0 Å². The Balaban J connectivity index is 1.87. The minimum atomic E-state index is -1.58. The van der Waals surface area contributed by atoms with Gasteiger partial charge in [-0.25, -0.2) is 0 Å². The molecule has 3 rings (SSSR count). The molecule has 3 aliphatic rings. The molecule has 0 amide bonds. The molecule has 7 atom stereocenters.